The van der Waals surface area contributed by atoms with Crippen molar-refractivity contribution < 1.29 is 4.74 Å². The fourth-order valence-electron chi connectivity index (χ4n) is 1.92. The van der Waals surface area contributed by atoms with E-state index in [9.17, 15) is 0 Å². The second kappa shape index (κ2) is 5.76. The van der Waals surface area contributed by atoms with E-state index in [1.165, 1.54) is 5.56 Å². The predicted octanol–water partition coefficient (Wildman–Crippen LogP) is 4.88. The van der Waals surface area contributed by atoms with Crippen molar-refractivity contribution in [3.8, 4) is 11.5 Å². The average molecular weight is 320 g/mol. The lowest BCUT2D eigenvalue weighted by Crippen LogP contribution is -2.04. The van der Waals surface area contributed by atoms with Crippen LogP contribution < -0.4 is 10.5 Å². The van der Waals surface area contributed by atoms with Crippen LogP contribution in [0.15, 0.2) is 40.9 Å². The van der Waals surface area contributed by atoms with E-state index in [0.717, 1.165) is 27.1 Å². The maximum Gasteiger partial charge on any atom is 0.141 e. The Balaban J connectivity index is 2.28. The van der Waals surface area contributed by atoms with Gasteiger partial charge in [-0.05, 0) is 66.0 Å². The number of halogens is 1. The van der Waals surface area contributed by atoms with Gasteiger partial charge < -0.3 is 10.5 Å². The highest BCUT2D eigenvalue weighted by Gasteiger charge is 2.08. The number of aryl methyl sites for hydroxylation is 2. The first kappa shape index (κ1) is 14.1. The van der Waals surface area contributed by atoms with Gasteiger partial charge in [0.2, 0.25) is 0 Å². The van der Waals surface area contributed by atoms with Crippen LogP contribution in [0.5, 0.6) is 11.5 Å². The Hall–Kier alpha value is -1.32. The van der Waals surface area contributed by atoms with Crippen molar-refractivity contribution in [1.29, 1.82) is 0 Å². The molecular weight excluding hydrogens is 302 g/mol. The van der Waals surface area contributed by atoms with Gasteiger partial charge in [0.05, 0.1) is 4.47 Å². The number of hydrogen-bond acceptors (Lipinski definition) is 2. The van der Waals surface area contributed by atoms with Crippen molar-refractivity contribution >= 4 is 15.9 Å². The SMILES string of the molecule is Cc1ccc(Oc2ccc([C@@H](C)N)cc2Br)c(C)c1. The number of ether oxygens (including phenoxy) is 1. The Bertz CT molecular complexity index is 593. The molecule has 2 N–H and O–H groups in total. The molecule has 1 atom stereocenters. The smallest absolute Gasteiger partial charge is 0.141 e. The molecule has 100 valence electrons. The molecule has 0 saturated heterocycles. The van der Waals surface area contributed by atoms with Gasteiger partial charge in [0, 0.05) is 6.04 Å². The summed E-state index contributed by atoms with van der Waals surface area (Å²) in [6.07, 6.45) is 0. The molecule has 0 aliphatic carbocycles. The highest BCUT2D eigenvalue weighted by Crippen LogP contribution is 2.33. The van der Waals surface area contributed by atoms with Crippen LogP contribution in [0.25, 0.3) is 0 Å². The topological polar surface area (TPSA) is 35.2 Å². The first-order valence-electron chi connectivity index (χ1n) is 6.27. The quantitative estimate of drug-likeness (QED) is 0.875. The molecule has 0 spiro atoms. The number of nitrogens with two attached hydrogens (primary N) is 1. The van der Waals surface area contributed by atoms with Crippen molar-refractivity contribution in [3.63, 3.8) is 0 Å². The molecule has 0 radical (unpaired) electrons. The Morgan fingerprint density at radius 3 is 2.32 bits per heavy atom. The molecule has 0 aliphatic rings. The zero-order valence-electron chi connectivity index (χ0n) is 11.4. The molecule has 0 amide bonds. The van der Waals surface area contributed by atoms with Crippen LogP contribution in [0.3, 0.4) is 0 Å². The van der Waals surface area contributed by atoms with Gasteiger partial charge in [0.25, 0.3) is 0 Å². The largest absolute Gasteiger partial charge is 0.456 e. The summed E-state index contributed by atoms with van der Waals surface area (Å²) in [5.74, 6) is 1.68. The van der Waals surface area contributed by atoms with Crippen molar-refractivity contribution in [2.75, 3.05) is 0 Å². The number of rotatable bonds is 3. The van der Waals surface area contributed by atoms with Gasteiger partial charge in [-0.25, -0.2) is 0 Å². The normalized spacial score (nSPS) is 12.3. The Kier molecular flexibility index (Phi) is 4.27. The summed E-state index contributed by atoms with van der Waals surface area (Å²) < 4.78 is 6.86. The fourth-order valence-corrected chi connectivity index (χ4v) is 2.39. The van der Waals surface area contributed by atoms with Gasteiger partial charge in [0.15, 0.2) is 0 Å². The molecule has 2 aromatic rings. The molecule has 0 unspecified atom stereocenters. The second-order valence-electron chi connectivity index (χ2n) is 4.85. The van der Waals surface area contributed by atoms with E-state index in [1.54, 1.807) is 0 Å². The molecule has 0 fully saturated rings. The highest BCUT2D eigenvalue weighted by molar-refractivity contribution is 9.10. The summed E-state index contributed by atoms with van der Waals surface area (Å²) in [7, 11) is 0. The van der Waals surface area contributed by atoms with E-state index in [-0.39, 0.29) is 6.04 Å². The average Bonchev–Trinajstić information content (AvgIpc) is 2.34. The first-order chi connectivity index (χ1) is 8.97. The monoisotopic (exact) mass is 319 g/mol. The molecule has 0 heterocycles. The second-order valence-corrected chi connectivity index (χ2v) is 5.70. The summed E-state index contributed by atoms with van der Waals surface area (Å²) in [6, 6.07) is 12.1. The predicted molar refractivity (Wildman–Crippen MR) is 82.7 cm³/mol. The number of benzene rings is 2. The summed E-state index contributed by atoms with van der Waals surface area (Å²) in [4.78, 5) is 0. The van der Waals surface area contributed by atoms with Crippen LogP contribution in [-0.4, -0.2) is 0 Å². The van der Waals surface area contributed by atoms with Crippen molar-refractivity contribution in [3.05, 3.63) is 57.6 Å². The first-order valence-corrected chi connectivity index (χ1v) is 7.07. The molecule has 0 aliphatic heterocycles. The van der Waals surface area contributed by atoms with Gasteiger partial charge in [-0.3, -0.25) is 0 Å². The van der Waals surface area contributed by atoms with E-state index in [1.807, 2.05) is 44.2 Å². The molecular formula is C16H18BrNO. The van der Waals surface area contributed by atoms with Gasteiger partial charge in [-0.2, -0.15) is 0 Å². The minimum Gasteiger partial charge on any atom is -0.456 e. The van der Waals surface area contributed by atoms with Crippen molar-refractivity contribution in [2.45, 2.75) is 26.8 Å². The van der Waals surface area contributed by atoms with Gasteiger partial charge >= 0.3 is 0 Å². The molecule has 0 bridgehead atoms. The van der Waals surface area contributed by atoms with Gasteiger partial charge in [-0.1, -0.05) is 23.8 Å². The zero-order valence-corrected chi connectivity index (χ0v) is 13.0. The third kappa shape index (κ3) is 3.37. The summed E-state index contributed by atoms with van der Waals surface area (Å²) in [5.41, 5.74) is 9.31. The summed E-state index contributed by atoms with van der Waals surface area (Å²) in [6.45, 7) is 6.09. The van der Waals surface area contributed by atoms with Crippen LogP contribution >= 0.6 is 15.9 Å². The minimum atomic E-state index is 0.0199. The zero-order chi connectivity index (χ0) is 14.0. The fraction of sp³-hybridized carbons (Fsp3) is 0.250. The van der Waals surface area contributed by atoms with Crippen LogP contribution in [-0.2, 0) is 0 Å². The van der Waals surface area contributed by atoms with Gasteiger partial charge in [0.1, 0.15) is 11.5 Å². The van der Waals surface area contributed by atoms with Crippen LogP contribution in [0.4, 0.5) is 0 Å². The lowest BCUT2D eigenvalue weighted by Gasteiger charge is -2.13. The molecule has 2 aromatic carbocycles. The molecule has 2 rings (SSSR count). The number of hydrogen-bond donors (Lipinski definition) is 1. The Morgan fingerprint density at radius 2 is 1.74 bits per heavy atom. The van der Waals surface area contributed by atoms with E-state index in [0.29, 0.717) is 0 Å². The molecule has 19 heavy (non-hydrogen) atoms. The van der Waals surface area contributed by atoms with E-state index in [4.69, 9.17) is 10.5 Å². The minimum absolute atomic E-state index is 0.0199. The lowest BCUT2D eigenvalue weighted by atomic mass is 10.1. The maximum atomic E-state index is 5.94. The van der Waals surface area contributed by atoms with Gasteiger partial charge in [-0.15, -0.1) is 0 Å². The van der Waals surface area contributed by atoms with Crippen molar-refractivity contribution in [1.82, 2.24) is 0 Å². The third-order valence-corrected chi connectivity index (χ3v) is 3.65. The van der Waals surface area contributed by atoms with Crippen molar-refractivity contribution in [2.24, 2.45) is 5.73 Å². The van der Waals surface area contributed by atoms with E-state index in [2.05, 4.69) is 28.9 Å². The van der Waals surface area contributed by atoms with E-state index >= 15 is 0 Å². The maximum absolute atomic E-state index is 5.94. The Morgan fingerprint density at radius 1 is 1.05 bits per heavy atom. The Labute approximate surface area is 122 Å². The summed E-state index contributed by atoms with van der Waals surface area (Å²) >= 11 is 3.53. The lowest BCUT2D eigenvalue weighted by molar-refractivity contribution is 0.475. The third-order valence-electron chi connectivity index (χ3n) is 3.03. The molecule has 3 heteroatoms. The highest BCUT2D eigenvalue weighted by atomic mass is 79.9. The van der Waals surface area contributed by atoms with E-state index < -0.39 is 0 Å². The molecule has 0 saturated carbocycles. The molecule has 2 nitrogen and oxygen atoms in total. The summed E-state index contributed by atoms with van der Waals surface area (Å²) in [5, 5.41) is 0. The molecule has 0 aromatic heterocycles. The van der Waals surface area contributed by atoms with Crippen LogP contribution in [0.1, 0.15) is 29.7 Å². The standard InChI is InChI=1S/C16H18BrNO/c1-10-4-6-15(11(2)8-10)19-16-7-5-13(12(3)18)9-14(16)17/h4-9,12H,18H2,1-3H3/t12-/m1/s1. The van der Waals surface area contributed by atoms with Crippen LogP contribution in [0.2, 0.25) is 0 Å². The van der Waals surface area contributed by atoms with Crippen LogP contribution in [0, 0.1) is 13.8 Å².